The van der Waals surface area contributed by atoms with Crippen molar-refractivity contribution in [2.75, 3.05) is 13.2 Å². The van der Waals surface area contributed by atoms with Gasteiger partial charge in [-0.25, -0.2) is 4.79 Å². The van der Waals surface area contributed by atoms with Crippen LogP contribution in [0.15, 0.2) is 18.2 Å². The Hall–Kier alpha value is -1.01. The number of amides is 2. The first-order valence-electron chi connectivity index (χ1n) is 6.30. The molecule has 2 rings (SSSR count). The number of urea groups is 1. The molecule has 2 amide bonds. The van der Waals surface area contributed by atoms with Crippen molar-refractivity contribution in [3.05, 3.63) is 33.8 Å². The number of hydrogen-bond acceptors (Lipinski definition) is 3. The number of aliphatic hydroxyl groups excluding tert-OH is 1. The lowest BCUT2D eigenvalue weighted by Crippen LogP contribution is -2.51. The molecule has 7 heteroatoms. The lowest BCUT2D eigenvalue weighted by Gasteiger charge is -2.28. The highest BCUT2D eigenvalue weighted by atomic mass is 35.5. The maximum Gasteiger partial charge on any atom is 0.315 e. The Labute approximate surface area is 127 Å². The number of carbonyl (C=O) groups is 1. The van der Waals surface area contributed by atoms with Gasteiger partial charge in [0.25, 0.3) is 0 Å². The van der Waals surface area contributed by atoms with E-state index in [9.17, 15) is 9.90 Å². The largest absolute Gasteiger partial charge is 0.389 e. The molecule has 3 N–H and O–H groups in total. The van der Waals surface area contributed by atoms with Crippen LogP contribution in [0.5, 0.6) is 0 Å². The maximum atomic E-state index is 11.8. The molecule has 0 bridgehead atoms. The van der Waals surface area contributed by atoms with Gasteiger partial charge in [-0.2, -0.15) is 0 Å². The second-order valence-electron chi connectivity index (χ2n) is 4.60. The van der Waals surface area contributed by atoms with Gasteiger partial charge in [-0.05, 0) is 24.1 Å². The van der Waals surface area contributed by atoms with Gasteiger partial charge >= 0.3 is 6.03 Å². The standard InChI is InChI=1S/C13H16Cl2N2O3/c14-9-2-1-8(10(15)5-9)6-16-13(19)17-11-3-4-20-7-12(11)18/h1-2,5,11-12,18H,3-4,6-7H2,(H2,16,17,19)/t11-,12-/m1/s1. The summed E-state index contributed by atoms with van der Waals surface area (Å²) in [5, 5.41) is 16.1. The van der Waals surface area contributed by atoms with Gasteiger partial charge in [0.1, 0.15) is 0 Å². The average Bonchev–Trinajstić information content (AvgIpc) is 2.40. The van der Waals surface area contributed by atoms with Crippen LogP contribution < -0.4 is 10.6 Å². The van der Waals surface area contributed by atoms with Gasteiger partial charge in [0.2, 0.25) is 0 Å². The van der Waals surface area contributed by atoms with Crippen molar-refractivity contribution in [3.63, 3.8) is 0 Å². The monoisotopic (exact) mass is 318 g/mol. The number of rotatable bonds is 3. The second-order valence-corrected chi connectivity index (χ2v) is 5.44. The van der Waals surface area contributed by atoms with Gasteiger partial charge in [0, 0.05) is 23.2 Å². The molecule has 1 aliphatic rings. The van der Waals surface area contributed by atoms with Gasteiger partial charge < -0.3 is 20.5 Å². The SMILES string of the molecule is O=C(NCc1ccc(Cl)cc1Cl)N[C@@H]1CCOC[C@H]1O. The highest BCUT2D eigenvalue weighted by Crippen LogP contribution is 2.20. The van der Waals surface area contributed by atoms with Crippen molar-refractivity contribution in [1.29, 1.82) is 0 Å². The van der Waals surface area contributed by atoms with E-state index in [0.29, 0.717) is 29.6 Å². The molecule has 1 saturated heterocycles. The molecule has 5 nitrogen and oxygen atoms in total. The van der Waals surface area contributed by atoms with Crippen LogP contribution in [0.25, 0.3) is 0 Å². The summed E-state index contributed by atoms with van der Waals surface area (Å²) in [5.41, 5.74) is 0.777. The summed E-state index contributed by atoms with van der Waals surface area (Å²) in [4.78, 5) is 11.8. The predicted molar refractivity (Wildman–Crippen MR) is 77.1 cm³/mol. The van der Waals surface area contributed by atoms with Crippen molar-refractivity contribution in [1.82, 2.24) is 10.6 Å². The number of carbonyl (C=O) groups excluding carboxylic acids is 1. The molecule has 1 heterocycles. The predicted octanol–water partition coefficient (Wildman–Crippen LogP) is 1.94. The van der Waals surface area contributed by atoms with Crippen LogP contribution in [0.2, 0.25) is 10.0 Å². The molecule has 1 aromatic rings. The van der Waals surface area contributed by atoms with Gasteiger partial charge in [0.15, 0.2) is 0 Å². The Kier molecular flexibility index (Phi) is 5.48. The summed E-state index contributed by atoms with van der Waals surface area (Å²) >= 11 is 11.8. The Balaban J connectivity index is 1.82. The van der Waals surface area contributed by atoms with Crippen molar-refractivity contribution < 1.29 is 14.6 Å². The molecule has 0 radical (unpaired) electrons. The van der Waals surface area contributed by atoms with E-state index in [-0.39, 0.29) is 18.7 Å². The van der Waals surface area contributed by atoms with E-state index in [1.54, 1.807) is 18.2 Å². The lowest BCUT2D eigenvalue weighted by molar-refractivity contribution is -0.0247. The minimum Gasteiger partial charge on any atom is -0.389 e. The van der Waals surface area contributed by atoms with Crippen LogP contribution in [0, 0.1) is 0 Å². The molecular weight excluding hydrogens is 303 g/mol. The highest BCUT2D eigenvalue weighted by molar-refractivity contribution is 6.35. The van der Waals surface area contributed by atoms with Crippen molar-refractivity contribution in [3.8, 4) is 0 Å². The van der Waals surface area contributed by atoms with Crippen molar-refractivity contribution in [2.24, 2.45) is 0 Å². The minimum atomic E-state index is -0.673. The van der Waals surface area contributed by atoms with E-state index in [1.165, 1.54) is 0 Å². The first-order valence-corrected chi connectivity index (χ1v) is 7.06. The molecule has 0 aromatic heterocycles. The zero-order valence-corrected chi connectivity index (χ0v) is 12.2. The normalized spacial score (nSPS) is 22.4. The third kappa shape index (κ3) is 4.24. The maximum absolute atomic E-state index is 11.8. The highest BCUT2D eigenvalue weighted by Gasteiger charge is 2.24. The van der Waals surface area contributed by atoms with Crippen LogP contribution in [0.4, 0.5) is 4.79 Å². The summed E-state index contributed by atoms with van der Waals surface area (Å²) in [7, 11) is 0. The molecular formula is C13H16Cl2N2O3. The van der Waals surface area contributed by atoms with E-state index in [2.05, 4.69) is 10.6 Å². The van der Waals surface area contributed by atoms with Gasteiger partial charge in [-0.15, -0.1) is 0 Å². The fourth-order valence-corrected chi connectivity index (χ4v) is 2.43. The summed E-state index contributed by atoms with van der Waals surface area (Å²) in [6.07, 6.45) is -0.0790. The van der Waals surface area contributed by atoms with Gasteiger partial charge in [0.05, 0.1) is 18.8 Å². The molecule has 0 saturated carbocycles. The molecule has 1 aromatic carbocycles. The molecule has 0 spiro atoms. The summed E-state index contributed by atoms with van der Waals surface area (Å²) < 4.78 is 5.10. The topological polar surface area (TPSA) is 70.6 Å². The van der Waals surface area contributed by atoms with Gasteiger partial charge in [-0.3, -0.25) is 0 Å². The Morgan fingerprint density at radius 2 is 2.25 bits per heavy atom. The number of ether oxygens (including phenoxy) is 1. The molecule has 110 valence electrons. The van der Waals surface area contributed by atoms with Crippen molar-refractivity contribution in [2.45, 2.75) is 25.1 Å². The summed E-state index contributed by atoms with van der Waals surface area (Å²) in [6, 6.07) is 4.46. The van der Waals surface area contributed by atoms with Crippen LogP contribution in [0.3, 0.4) is 0 Å². The van der Waals surface area contributed by atoms with Crippen molar-refractivity contribution >= 4 is 29.2 Å². The molecule has 0 unspecified atom stereocenters. The molecule has 20 heavy (non-hydrogen) atoms. The number of halogens is 2. The number of hydrogen-bond donors (Lipinski definition) is 3. The summed E-state index contributed by atoms with van der Waals surface area (Å²) in [5.74, 6) is 0. The first kappa shape index (κ1) is 15.4. The van der Waals surface area contributed by atoms with Crippen LogP contribution in [-0.4, -0.2) is 36.5 Å². The van der Waals surface area contributed by atoms with E-state index < -0.39 is 6.10 Å². The fourth-order valence-electron chi connectivity index (χ4n) is 1.95. The fraction of sp³-hybridized carbons (Fsp3) is 0.462. The average molecular weight is 319 g/mol. The van der Waals surface area contributed by atoms with E-state index in [0.717, 1.165) is 5.56 Å². The molecule has 1 fully saturated rings. The lowest BCUT2D eigenvalue weighted by atomic mass is 10.1. The molecule has 1 aliphatic heterocycles. The van der Waals surface area contributed by atoms with Crippen LogP contribution in [-0.2, 0) is 11.3 Å². The Morgan fingerprint density at radius 1 is 1.45 bits per heavy atom. The van der Waals surface area contributed by atoms with Crippen LogP contribution >= 0.6 is 23.2 Å². The third-order valence-corrected chi connectivity index (χ3v) is 3.68. The number of nitrogens with one attached hydrogen (secondary N) is 2. The third-order valence-electron chi connectivity index (χ3n) is 3.10. The first-order chi connectivity index (χ1) is 9.56. The van der Waals surface area contributed by atoms with E-state index >= 15 is 0 Å². The summed E-state index contributed by atoms with van der Waals surface area (Å²) in [6.45, 7) is 1.07. The molecule has 2 atom stereocenters. The zero-order chi connectivity index (χ0) is 14.5. The Bertz CT molecular complexity index is 485. The Morgan fingerprint density at radius 3 is 2.95 bits per heavy atom. The smallest absolute Gasteiger partial charge is 0.315 e. The molecule has 0 aliphatic carbocycles. The zero-order valence-electron chi connectivity index (χ0n) is 10.7. The number of aliphatic hydroxyl groups is 1. The quantitative estimate of drug-likeness (QED) is 0.797. The second kappa shape index (κ2) is 7.13. The van der Waals surface area contributed by atoms with Crippen LogP contribution in [0.1, 0.15) is 12.0 Å². The minimum absolute atomic E-state index is 0.244. The van der Waals surface area contributed by atoms with E-state index in [4.69, 9.17) is 27.9 Å². The number of benzene rings is 1. The van der Waals surface area contributed by atoms with Gasteiger partial charge in [-0.1, -0.05) is 29.3 Å². The van der Waals surface area contributed by atoms with E-state index in [1.807, 2.05) is 0 Å².